The third kappa shape index (κ3) is 31.6. The standard InChI is InChI=1S/C46H90N2O5/c1-4-7-10-13-16-23-30-39-51-45(50)52-40-31-24-22-29-38-48(42-46(41-47)35-36-46)37-28-21-17-20-27-34-44(49)53-43(32-25-18-14-11-8-5-2)33-26-19-15-12-9-6-3/h43H,4-42,47H2,1-3H3. The van der Waals surface area contributed by atoms with Crippen molar-refractivity contribution in [2.45, 2.75) is 239 Å². The Morgan fingerprint density at radius 2 is 0.943 bits per heavy atom. The maximum absolute atomic E-state index is 12.8. The van der Waals surface area contributed by atoms with E-state index in [-0.39, 0.29) is 12.1 Å². The molecule has 0 aromatic heterocycles. The first-order chi connectivity index (χ1) is 26.0. The number of carbonyl (C=O) groups is 2. The third-order valence-electron chi connectivity index (χ3n) is 11.4. The summed E-state index contributed by atoms with van der Waals surface area (Å²) in [7, 11) is 0. The van der Waals surface area contributed by atoms with Gasteiger partial charge in [0.2, 0.25) is 0 Å². The summed E-state index contributed by atoms with van der Waals surface area (Å²) in [5.41, 5.74) is 6.51. The van der Waals surface area contributed by atoms with Crippen LogP contribution in [0.15, 0.2) is 0 Å². The highest BCUT2D eigenvalue weighted by atomic mass is 16.7. The van der Waals surface area contributed by atoms with Gasteiger partial charge in [-0.1, -0.05) is 156 Å². The summed E-state index contributed by atoms with van der Waals surface area (Å²) >= 11 is 0. The second-order valence-electron chi connectivity index (χ2n) is 16.7. The minimum absolute atomic E-state index is 0.0277. The predicted octanol–water partition coefficient (Wildman–Crippen LogP) is 13.2. The molecule has 7 heteroatoms. The van der Waals surface area contributed by atoms with E-state index < -0.39 is 6.16 Å². The zero-order valence-electron chi connectivity index (χ0n) is 35.7. The van der Waals surface area contributed by atoms with Crippen LogP contribution in [0.5, 0.6) is 0 Å². The van der Waals surface area contributed by atoms with E-state index in [1.165, 1.54) is 148 Å². The number of carbonyl (C=O) groups excluding carboxylic acids is 2. The molecular weight excluding hydrogens is 661 g/mol. The first-order valence-corrected chi connectivity index (χ1v) is 23.4. The van der Waals surface area contributed by atoms with E-state index in [1.807, 2.05) is 0 Å². The second kappa shape index (κ2) is 36.3. The Balaban J connectivity index is 2.19. The summed E-state index contributed by atoms with van der Waals surface area (Å²) in [5, 5.41) is 0. The molecule has 0 unspecified atom stereocenters. The molecule has 1 rings (SSSR count). The van der Waals surface area contributed by atoms with Gasteiger partial charge in [-0.25, -0.2) is 4.79 Å². The van der Waals surface area contributed by atoms with Crippen molar-refractivity contribution < 1.29 is 23.8 Å². The fourth-order valence-electron chi connectivity index (χ4n) is 7.50. The van der Waals surface area contributed by atoms with Gasteiger partial charge >= 0.3 is 12.1 Å². The molecule has 0 bridgehead atoms. The highest BCUT2D eigenvalue weighted by Crippen LogP contribution is 2.45. The highest BCUT2D eigenvalue weighted by molar-refractivity contribution is 5.69. The Labute approximate surface area is 329 Å². The van der Waals surface area contributed by atoms with Crippen molar-refractivity contribution in [2.75, 3.05) is 39.4 Å². The molecule has 53 heavy (non-hydrogen) atoms. The van der Waals surface area contributed by atoms with Gasteiger partial charge in [0.15, 0.2) is 0 Å². The normalized spacial score (nSPS) is 13.5. The van der Waals surface area contributed by atoms with Crippen LogP contribution in [-0.4, -0.2) is 62.5 Å². The molecule has 1 fully saturated rings. The van der Waals surface area contributed by atoms with Gasteiger partial charge in [0, 0.05) is 13.0 Å². The molecule has 0 saturated heterocycles. The summed E-state index contributed by atoms with van der Waals surface area (Å²) in [6.45, 7) is 11.9. The van der Waals surface area contributed by atoms with Gasteiger partial charge < -0.3 is 24.8 Å². The summed E-state index contributed by atoms with van der Waals surface area (Å²) in [4.78, 5) is 27.3. The van der Waals surface area contributed by atoms with E-state index in [2.05, 4.69) is 25.7 Å². The van der Waals surface area contributed by atoms with Crippen molar-refractivity contribution in [3.63, 3.8) is 0 Å². The second-order valence-corrected chi connectivity index (χ2v) is 16.7. The van der Waals surface area contributed by atoms with Crippen molar-refractivity contribution in [3.8, 4) is 0 Å². The van der Waals surface area contributed by atoms with Gasteiger partial charge in [-0.15, -0.1) is 0 Å². The maximum Gasteiger partial charge on any atom is 0.508 e. The quantitative estimate of drug-likeness (QED) is 0.0491. The SMILES string of the molecule is CCCCCCCCCOC(=O)OCCCCCCN(CCCCCCCC(=O)OC(CCCCCCCC)CCCCCCCC)CC1(CN)CC1. The maximum atomic E-state index is 12.8. The summed E-state index contributed by atoms with van der Waals surface area (Å²) in [6, 6.07) is 0. The molecule has 0 aromatic carbocycles. The van der Waals surface area contributed by atoms with Crippen molar-refractivity contribution >= 4 is 12.1 Å². The number of nitrogens with two attached hydrogens (primary N) is 1. The molecule has 1 aliphatic carbocycles. The van der Waals surface area contributed by atoms with Gasteiger partial charge in [0.05, 0.1) is 13.2 Å². The number of hydrogen-bond acceptors (Lipinski definition) is 7. The van der Waals surface area contributed by atoms with Crippen LogP contribution < -0.4 is 5.73 Å². The molecule has 314 valence electrons. The highest BCUT2D eigenvalue weighted by Gasteiger charge is 2.42. The fraction of sp³-hybridized carbons (Fsp3) is 0.957. The summed E-state index contributed by atoms with van der Waals surface area (Å²) < 4.78 is 16.6. The van der Waals surface area contributed by atoms with Crippen LogP contribution in [-0.2, 0) is 19.0 Å². The largest absolute Gasteiger partial charge is 0.508 e. The van der Waals surface area contributed by atoms with Crippen molar-refractivity contribution in [3.05, 3.63) is 0 Å². The Bertz CT molecular complexity index is 804. The number of esters is 1. The van der Waals surface area contributed by atoms with Crippen LogP contribution in [0.3, 0.4) is 0 Å². The fourth-order valence-corrected chi connectivity index (χ4v) is 7.50. The Kier molecular flexibility index (Phi) is 34.0. The molecule has 1 saturated carbocycles. The molecule has 0 spiro atoms. The Morgan fingerprint density at radius 3 is 1.38 bits per heavy atom. The van der Waals surface area contributed by atoms with E-state index in [4.69, 9.17) is 19.9 Å². The smallest absolute Gasteiger partial charge is 0.462 e. The molecule has 7 nitrogen and oxygen atoms in total. The molecule has 0 aliphatic heterocycles. The van der Waals surface area contributed by atoms with Crippen LogP contribution in [0, 0.1) is 5.41 Å². The third-order valence-corrected chi connectivity index (χ3v) is 11.4. The average molecular weight is 751 g/mol. The zero-order chi connectivity index (χ0) is 38.5. The predicted molar refractivity (Wildman–Crippen MR) is 224 cm³/mol. The van der Waals surface area contributed by atoms with Crippen molar-refractivity contribution in [1.82, 2.24) is 4.90 Å². The van der Waals surface area contributed by atoms with Crippen LogP contribution in [0.25, 0.3) is 0 Å². The lowest BCUT2D eigenvalue weighted by atomic mass is 10.0. The lowest BCUT2D eigenvalue weighted by Gasteiger charge is -2.27. The topological polar surface area (TPSA) is 91.1 Å². The molecule has 0 amide bonds. The monoisotopic (exact) mass is 751 g/mol. The number of hydrogen-bond donors (Lipinski definition) is 1. The first kappa shape index (κ1) is 49.7. The van der Waals surface area contributed by atoms with Crippen LogP contribution >= 0.6 is 0 Å². The summed E-state index contributed by atoms with van der Waals surface area (Å²) in [5.74, 6) is 0.0277. The lowest BCUT2D eigenvalue weighted by Crippen LogP contribution is -2.35. The van der Waals surface area contributed by atoms with E-state index >= 15 is 0 Å². The van der Waals surface area contributed by atoms with Crippen molar-refractivity contribution in [1.29, 1.82) is 0 Å². The van der Waals surface area contributed by atoms with Gasteiger partial charge in [-0.3, -0.25) is 4.79 Å². The van der Waals surface area contributed by atoms with Gasteiger partial charge in [-0.2, -0.15) is 0 Å². The van der Waals surface area contributed by atoms with E-state index in [1.54, 1.807) is 0 Å². The van der Waals surface area contributed by atoms with Crippen LogP contribution in [0.4, 0.5) is 4.79 Å². The lowest BCUT2D eigenvalue weighted by molar-refractivity contribution is -0.150. The molecular formula is C46H90N2O5. The molecule has 1 aliphatic rings. The molecule has 0 atom stereocenters. The van der Waals surface area contributed by atoms with Crippen LogP contribution in [0.1, 0.15) is 233 Å². The first-order valence-electron chi connectivity index (χ1n) is 23.4. The minimum Gasteiger partial charge on any atom is -0.462 e. The average Bonchev–Trinajstić information content (AvgIpc) is 3.94. The number of unbranched alkanes of at least 4 members (excludes halogenated alkanes) is 23. The van der Waals surface area contributed by atoms with Gasteiger partial charge in [0.1, 0.15) is 6.10 Å². The summed E-state index contributed by atoms with van der Waals surface area (Å²) in [6.07, 6.45) is 38.6. The zero-order valence-corrected chi connectivity index (χ0v) is 35.7. The van der Waals surface area contributed by atoms with Crippen molar-refractivity contribution in [2.24, 2.45) is 11.1 Å². The minimum atomic E-state index is -0.509. The van der Waals surface area contributed by atoms with E-state index in [0.29, 0.717) is 25.0 Å². The number of nitrogens with zero attached hydrogens (tertiary/aromatic N) is 1. The number of rotatable bonds is 41. The Morgan fingerprint density at radius 1 is 0.547 bits per heavy atom. The van der Waals surface area contributed by atoms with Gasteiger partial charge in [0.25, 0.3) is 0 Å². The van der Waals surface area contributed by atoms with E-state index in [0.717, 1.165) is 84.0 Å². The van der Waals surface area contributed by atoms with E-state index in [9.17, 15) is 9.59 Å². The Hall–Kier alpha value is -1.34. The molecule has 0 aromatic rings. The molecule has 0 heterocycles. The van der Waals surface area contributed by atoms with Crippen LogP contribution in [0.2, 0.25) is 0 Å². The molecule has 0 radical (unpaired) electrons. The number of ether oxygens (including phenoxy) is 3. The molecule has 2 N–H and O–H groups in total. The van der Waals surface area contributed by atoms with Gasteiger partial charge in [-0.05, 0) is 95.7 Å².